The Bertz CT molecular complexity index is 866. The van der Waals surface area contributed by atoms with Crippen molar-refractivity contribution in [1.82, 2.24) is 4.57 Å². The largest absolute Gasteiger partial charge is 0.493 e. The predicted octanol–water partition coefficient (Wildman–Crippen LogP) is 3.24. The van der Waals surface area contributed by atoms with Crippen LogP contribution in [0.15, 0.2) is 29.2 Å². The van der Waals surface area contributed by atoms with Crippen LogP contribution in [0.1, 0.15) is 42.2 Å². The van der Waals surface area contributed by atoms with Crippen LogP contribution in [0.3, 0.4) is 0 Å². The third-order valence-electron chi connectivity index (χ3n) is 4.66. The molecule has 2 aromatic rings. The van der Waals surface area contributed by atoms with E-state index in [1.54, 1.807) is 26.5 Å². The lowest BCUT2D eigenvalue weighted by molar-refractivity contribution is 0.101. The van der Waals surface area contributed by atoms with E-state index in [1.165, 1.54) is 6.92 Å². The zero-order valence-electron chi connectivity index (χ0n) is 14.4. The normalized spacial score (nSPS) is 15.4. The van der Waals surface area contributed by atoms with Crippen LogP contribution < -0.4 is 14.9 Å². The Morgan fingerprint density at radius 3 is 2.46 bits per heavy atom. The fourth-order valence-corrected chi connectivity index (χ4v) is 3.35. The number of fused-ring (bicyclic) bond motifs is 3. The second kappa shape index (κ2) is 6.15. The topological polar surface area (TPSA) is 57.5 Å². The van der Waals surface area contributed by atoms with Gasteiger partial charge in [0, 0.05) is 23.9 Å². The van der Waals surface area contributed by atoms with Gasteiger partial charge >= 0.3 is 0 Å². The number of carbonyl (C=O) groups excluding carboxylic acids is 1. The van der Waals surface area contributed by atoms with E-state index in [2.05, 4.69) is 6.92 Å². The fourth-order valence-electron chi connectivity index (χ4n) is 3.35. The lowest BCUT2D eigenvalue weighted by atomic mass is 9.90. The molecule has 0 bridgehead atoms. The molecule has 0 aliphatic carbocycles. The number of ether oxygens (including phenoxy) is 2. The quantitative estimate of drug-likeness (QED) is 0.809. The van der Waals surface area contributed by atoms with Crippen molar-refractivity contribution < 1.29 is 14.3 Å². The van der Waals surface area contributed by atoms with Gasteiger partial charge in [-0.2, -0.15) is 0 Å². The van der Waals surface area contributed by atoms with Gasteiger partial charge in [0.15, 0.2) is 22.7 Å². The van der Waals surface area contributed by atoms with Crippen molar-refractivity contribution in [3.8, 4) is 22.8 Å². The summed E-state index contributed by atoms with van der Waals surface area (Å²) in [5.74, 6) is 1.10. The summed E-state index contributed by atoms with van der Waals surface area (Å²) in [6.45, 7) is 3.53. The van der Waals surface area contributed by atoms with Gasteiger partial charge in [-0.05, 0) is 37.5 Å². The second-order valence-electron chi connectivity index (χ2n) is 6.03. The molecule has 0 amide bonds. The minimum Gasteiger partial charge on any atom is -0.493 e. The molecule has 0 saturated carbocycles. The minimum absolute atomic E-state index is 0.198. The van der Waals surface area contributed by atoms with E-state index in [1.807, 2.05) is 16.7 Å². The van der Waals surface area contributed by atoms with Crippen LogP contribution in [-0.4, -0.2) is 24.6 Å². The predicted molar refractivity (Wildman–Crippen MR) is 92.3 cm³/mol. The minimum atomic E-state index is -0.244. The highest BCUT2D eigenvalue weighted by atomic mass is 16.5. The molecule has 5 nitrogen and oxygen atoms in total. The Kier molecular flexibility index (Phi) is 4.18. The number of rotatable bonds is 4. The average Bonchev–Trinajstić information content (AvgIpc) is 2.58. The van der Waals surface area contributed by atoms with Crippen molar-refractivity contribution in [2.75, 3.05) is 14.2 Å². The third-order valence-corrected chi connectivity index (χ3v) is 4.66. The second-order valence-corrected chi connectivity index (χ2v) is 6.03. The van der Waals surface area contributed by atoms with E-state index < -0.39 is 0 Å². The first kappa shape index (κ1) is 16.3. The summed E-state index contributed by atoms with van der Waals surface area (Å²) in [6, 6.07) is 5.63. The highest BCUT2D eigenvalue weighted by Gasteiger charge is 2.26. The smallest absolute Gasteiger partial charge is 0.192 e. The van der Waals surface area contributed by atoms with Gasteiger partial charge in [0.05, 0.1) is 25.5 Å². The van der Waals surface area contributed by atoms with Crippen molar-refractivity contribution in [3.05, 3.63) is 45.7 Å². The Morgan fingerprint density at radius 1 is 1.21 bits per heavy atom. The summed E-state index contributed by atoms with van der Waals surface area (Å²) in [6.07, 6.45) is 3.42. The Balaban J connectivity index is 2.29. The van der Waals surface area contributed by atoms with Crippen molar-refractivity contribution in [2.24, 2.45) is 0 Å². The summed E-state index contributed by atoms with van der Waals surface area (Å²) in [7, 11) is 3.20. The third kappa shape index (κ3) is 2.50. The maximum absolute atomic E-state index is 12.3. The number of Topliss-reactive ketones (excluding diaryl/α,β-unsaturated/α-hetero) is 1. The van der Waals surface area contributed by atoms with E-state index in [9.17, 15) is 9.59 Å². The lowest BCUT2D eigenvalue weighted by Gasteiger charge is -2.31. The van der Waals surface area contributed by atoms with Crippen LogP contribution >= 0.6 is 0 Å². The fraction of sp³-hybridized carbons (Fsp3) is 0.368. The van der Waals surface area contributed by atoms with Crippen LogP contribution in [0.4, 0.5) is 0 Å². The van der Waals surface area contributed by atoms with Crippen molar-refractivity contribution in [1.29, 1.82) is 0 Å². The maximum atomic E-state index is 12.3. The molecule has 1 aromatic carbocycles. The molecule has 1 aliphatic heterocycles. The summed E-state index contributed by atoms with van der Waals surface area (Å²) in [5, 5.41) is 0. The van der Waals surface area contributed by atoms with Gasteiger partial charge in [-0.15, -0.1) is 0 Å². The molecule has 5 heteroatoms. The van der Waals surface area contributed by atoms with E-state index in [0.29, 0.717) is 11.5 Å². The number of hydrogen-bond donors (Lipinski definition) is 0. The van der Waals surface area contributed by atoms with Gasteiger partial charge in [-0.3, -0.25) is 9.59 Å². The van der Waals surface area contributed by atoms with Gasteiger partial charge in [0.2, 0.25) is 0 Å². The van der Waals surface area contributed by atoms with E-state index in [4.69, 9.17) is 9.47 Å². The molecule has 1 aliphatic rings. The average molecular weight is 327 g/mol. The van der Waals surface area contributed by atoms with Crippen LogP contribution in [-0.2, 0) is 6.42 Å². The molecule has 0 saturated heterocycles. The number of pyridine rings is 1. The number of benzene rings is 1. The number of nitrogens with zero attached hydrogens (tertiary/aromatic N) is 1. The molecule has 126 valence electrons. The van der Waals surface area contributed by atoms with Crippen LogP contribution in [0.25, 0.3) is 11.3 Å². The van der Waals surface area contributed by atoms with Gasteiger partial charge < -0.3 is 14.0 Å². The summed E-state index contributed by atoms with van der Waals surface area (Å²) >= 11 is 0. The van der Waals surface area contributed by atoms with E-state index in [0.717, 1.165) is 29.7 Å². The highest BCUT2D eigenvalue weighted by Crippen LogP contribution is 2.41. The first-order valence-corrected chi connectivity index (χ1v) is 8.02. The first-order chi connectivity index (χ1) is 11.5. The van der Waals surface area contributed by atoms with Crippen molar-refractivity contribution >= 4 is 5.78 Å². The monoisotopic (exact) mass is 327 g/mol. The molecule has 24 heavy (non-hydrogen) atoms. The SMILES string of the molecule is CC[C@H]1Cc2cc(OC)c(OC)cc2-c2cc(=O)c(C(C)=O)cn21. The molecular formula is C19H21NO4. The number of methoxy groups -OCH3 is 2. The molecule has 0 radical (unpaired) electrons. The number of carbonyl (C=O) groups is 1. The first-order valence-electron chi connectivity index (χ1n) is 8.02. The zero-order chi connectivity index (χ0) is 17.4. The molecule has 0 fully saturated rings. The van der Waals surface area contributed by atoms with Gasteiger partial charge in [0.25, 0.3) is 0 Å². The molecule has 1 aromatic heterocycles. The molecule has 3 rings (SSSR count). The van der Waals surface area contributed by atoms with Gasteiger partial charge in [-0.25, -0.2) is 0 Å². The van der Waals surface area contributed by atoms with Crippen LogP contribution in [0, 0.1) is 0 Å². The Hall–Kier alpha value is -2.56. The lowest BCUT2D eigenvalue weighted by Crippen LogP contribution is -2.24. The summed E-state index contributed by atoms with van der Waals surface area (Å²) in [4.78, 5) is 24.1. The molecule has 1 atom stereocenters. The maximum Gasteiger partial charge on any atom is 0.192 e. The van der Waals surface area contributed by atoms with Crippen molar-refractivity contribution in [2.45, 2.75) is 32.7 Å². The number of ketones is 1. The molecular weight excluding hydrogens is 306 g/mol. The summed E-state index contributed by atoms with van der Waals surface area (Å²) < 4.78 is 12.8. The van der Waals surface area contributed by atoms with E-state index in [-0.39, 0.29) is 22.8 Å². The standard InChI is InChI=1S/C19H21NO4/c1-5-13-6-12-7-18(23-3)19(24-4)8-14(12)16-9-17(22)15(11(2)21)10-20(13)16/h7-10,13H,5-6H2,1-4H3/t13-/m0/s1. The Morgan fingerprint density at radius 2 is 1.88 bits per heavy atom. The Labute approximate surface area is 140 Å². The van der Waals surface area contributed by atoms with E-state index >= 15 is 0 Å². The zero-order valence-corrected chi connectivity index (χ0v) is 14.4. The molecule has 0 unspecified atom stereocenters. The molecule has 0 N–H and O–H groups in total. The van der Waals surface area contributed by atoms with Gasteiger partial charge in [0.1, 0.15) is 0 Å². The van der Waals surface area contributed by atoms with Crippen molar-refractivity contribution in [3.63, 3.8) is 0 Å². The number of hydrogen-bond acceptors (Lipinski definition) is 4. The molecule has 0 spiro atoms. The highest BCUT2D eigenvalue weighted by molar-refractivity contribution is 5.94. The number of aromatic nitrogens is 1. The summed E-state index contributed by atoms with van der Waals surface area (Å²) in [5.41, 5.74) is 2.88. The van der Waals surface area contributed by atoms with Crippen LogP contribution in [0.2, 0.25) is 0 Å². The van der Waals surface area contributed by atoms with Gasteiger partial charge in [-0.1, -0.05) is 6.92 Å². The van der Waals surface area contributed by atoms with Crippen LogP contribution in [0.5, 0.6) is 11.5 Å². The molecule has 2 heterocycles.